The smallest absolute Gasteiger partial charge is 0.0621 e. The summed E-state index contributed by atoms with van der Waals surface area (Å²) in [6, 6.07) is 2.16. The lowest BCUT2D eigenvalue weighted by molar-refractivity contribution is 0.536. The highest BCUT2D eigenvalue weighted by Crippen LogP contribution is 2.19. The van der Waals surface area contributed by atoms with E-state index >= 15 is 0 Å². The van der Waals surface area contributed by atoms with E-state index in [-0.39, 0.29) is 5.41 Å². The Morgan fingerprint density at radius 2 is 2.00 bits per heavy atom. The minimum Gasteiger partial charge on any atom is -0.198 e. The van der Waals surface area contributed by atoms with E-state index in [4.69, 9.17) is 5.26 Å². The highest BCUT2D eigenvalue weighted by molar-refractivity contribution is 5.03. The second-order valence-electron chi connectivity index (χ2n) is 4.37. The van der Waals surface area contributed by atoms with Crippen molar-refractivity contribution in [2.45, 2.75) is 47.0 Å². The van der Waals surface area contributed by atoms with Crippen molar-refractivity contribution in [2.24, 2.45) is 5.41 Å². The van der Waals surface area contributed by atoms with Gasteiger partial charge in [-0.3, -0.25) is 0 Å². The number of unbranched alkanes of at least 4 members (excludes halogenated alkanes) is 1. The molecule has 0 aromatic carbocycles. The van der Waals surface area contributed by atoms with Gasteiger partial charge in [-0.05, 0) is 25.2 Å². The molecule has 0 atom stereocenters. The molecule has 0 heterocycles. The molecule has 0 spiro atoms. The van der Waals surface area contributed by atoms with Crippen molar-refractivity contribution in [3.05, 3.63) is 11.6 Å². The molecule has 1 nitrogen and oxygen atoms in total. The molecule has 0 amide bonds. The molecule has 0 radical (unpaired) electrons. The van der Waals surface area contributed by atoms with Crippen LogP contribution < -0.4 is 0 Å². The summed E-state index contributed by atoms with van der Waals surface area (Å²) < 4.78 is 0. The van der Waals surface area contributed by atoms with Crippen LogP contribution in [0.4, 0.5) is 0 Å². The largest absolute Gasteiger partial charge is 0.198 e. The molecule has 0 fully saturated rings. The molecule has 0 aromatic rings. The van der Waals surface area contributed by atoms with Crippen LogP contribution in [0, 0.1) is 16.7 Å². The van der Waals surface area contributed by atoms with E-state index in [1.807, 2.05) is 0 Å². The number of nitriles is 1. The Hall–Kier alpha value is -0.770. The Morgan fingerprint density at radius 3 is 2.42 bits per heavy atom. The summed E-state index contributed by atoms with van der Waals surface area (Å²) in [5, 5.41) is 8.34. The van der Waals surface area contributed by atoms with Gasteiger partial charge < -0.3 is 0 Å². The Labute approximate surface area is 76.1 Å². The van der Waals surface area contributed by atoms with E-state index in [1.54, 1.807) is 0 Å². The number of rotatable bonds is 3. The van der Waals surface area contributed by atoms with E-state index in [0.29, 0.717) is 6.42 Å². The normalized spacial score (nSPS) is 12.8. The molecule has 0 aliphatic heterocycles. The first-order valence-electron chi connectivity index (χ1n) is 4.51. The maximum Gasteiger partial charge on any atom is 0.0621 e. The third-order valence-electron chi connectivity index (χ3n) is 1.54. The van der Waals surface area contributed by atoms with Gasteiger partial charge in [0.1, 0.15) is 0 Å². The highest BCUT2D eigenvalue weighted by Gasteiger charge is 2.05. The van der Waals surface area contributed by atoms with E-state index in [2.05, 4.69) is 39.8 Å². The fraction of sp³-hybridized carbons (Fsp3) is 0.727. The first kappa shape index (κ1) is 11.2. The molecule has 68 valence electrons. The topological polar surface area (TPSA) is 23.8 Å². The molecule has 0 aromatic heterocycles. The first-order valence-corrected chi connectivity index (χ1v) is 4.51. The van der Waals surface area contributed by atoms with Crippen molar-refractivity contribution in [2.75, 3.05) is 0 Å². The maximum absolute atomic E-state index is 8.34. The van der Waals surface area contributed by atoms with Crippen molar-refractivity contribution >= 4 is 0 Å². The minimum absolute atomic E-state index is 0.275. The number of nitrogens with zero attached hydrogens (tertiary/aromatic N) is 1. The zero-order valence-corrected chi connectivity index (χ0v) is 8.65. The summed E-state index contributed by atoms with van der Waals surface area (Å²) in [6.07, 6.45) is 5.01. The van der Waals surface area contributed by atoms with E-state index in [0.717, 1.165) is 12.8 Å². The van der Waals surface area contributed by atoms with Crippen molar-refractivity contribution in [3.63, 3.8) is 0 Å². The summed E-state index contributed by atoms with van der Waals surface area (Å²) in [5.41, 5.74) is 1.68. The van der Waals surface area contributed by atoms with Gasteiger partial charge in [-0.25, -0.2) is 0 Å². The van der Waals surface area contributed by atoms with Gasteiger partial charge in [-0.15, -0.1) is 0 Å². The summed E-state index contributed by atoms with van der Waals surface area (Å²) in [4.78, 5) is 0. The second-order valence-corrected chi connectivity index (χ2v) is 4.37. The summed E-state index contributed by atoms with van der Waals surface area (Å²) in [6.45, 7) is 8.73. The van der Waals surface area contributed by atoms with Crippen LogP contribution in [0.3, 0.4) is 0 Å². The second kappa shape index (κ2) is 4.98. The third kappa shape index (κ3) is 7.34. The Balaban J connectivity index is 3.80. The SMILES string of the molecule is CC(=CC(C)(C)C)CCCC#N. The predicted octanol–water partition coefficient (Wildman–Crippen LogP) is 3.67. The van der Waals surface area contributed by atoms with Crippen LogP contribution in [0.15, 0.2) is 11.6 Å². The summed E-state index contributed by atoms with van der Waals surface area (Å²) in [5.74, 6) is 0. The predicted molar refractivity (Wildman–Crippen MR) is 52.7 cm³/mol. The molecule has 0 saturated heterocycles. The molecular weight excluding hydrogens is 146 g/mol. The molecule has 0 aliphatic carbocycles. The first-order chi connectivity index (χ1) is 5.45. The molecule has 0 aliphatic rings. The molecule has 1 heteroatoms. The zero-order valence-electron chi connectivity index (χ0n) is 8.65. The van der Waals surface area contributed by atoms with Crippen molar-refractivity contribution in [3.8, 4) is 6.07 Å². The lowest BCUT2D eigenvalue weighted by atomic mass is 9.92. The molecule has 0 N–H and O–H groups in total. The molecular formula is C11H19N. The lowest BCUT2D eigenvalue weighted by Gasteiger charge is -2.13. The highest BCUT2D eigenvalue weighted by atomic mass is 14.2. The van der Waals surface area contributed by atoms with Crippen LogP contribution in [-0.2, 0) is 0 Å². The van der Waals surface area contributed by atoms with Crippen LogP contribution in [0.25, 0.3) is 0 Å². The van der Waals surface area contributed by atoms with Gasteiger partial charge in [-0.1, -0.05) is 32.4 Å². The number of allylic oxidation sites excluding steroid dienone is 2. The van der Waals surface area contributed by atoms with Crippen LogP contribution in [0.2, 0.25) is 0 Å². The molecule has 0 bridgehead atoms. The fourth-order valence-electron chi connectivity index (χ4n) is 1.26. The Kier molecular flexibility index (Phi) is 4.66. The zero-order chi connectivity index (χ0) is 9.61. The third-order valence-corrected chi connectivity index (χ3v) is 1.54. The molecule has 0 saturated carbocycles. The lowest BCUT2D eigenvalue weighted by Crippen LogP contribution is -2.00. The van der Waals surface area contributed by atoms with Crippen molar-refractivity contribution in [1.29, 1.82) is 5.26 Å². The monoisotopic (exact) mass is 165 g/mol. The van der Waals surface area contributed by atoms with Crippen LogP contribution >= 0.6 is 0 Å². The molecule has 12 heavy (non-hydrogen) atoms. The standard InChI is InChI=1S/C11H19N/c1-10(7-5-6-8-12)9-11(2,3)4/h9H,5-7H2,1-4H3. The van der Waals surface area contributed by atoms with Crippen molar-refractivity contribution < 1.29 is 0 Å². The molecule has 0 unspecified atom stereocenters. The van der Waals surface area contributed by atoms with E-state index in [1.165, 1.54) is 5.57 Å². The summed E-state index contributed by atoms with van der Waals surface area (Å²) in [7, 11) is 0. The average molecular weight is 165 g/mol. The minimum atomic E-state index is 0.275. The summed E-state index contributed by atoms with van der Waals surface area (Å²) >= 11 is 0. The van der Waals surface area contributed by atoms with Crippen molar-refractivity contribution in [1.82, 2.24) is 0 Å². The number of hydrogen-bond acceptors (Lipinski definition) is 1. The van der Waals surface area contributed by atoms with E-state index in [9.17, 15) is 0 Å². The molecule has 0 rings (SSSR count). The van der Waals surface area contributed by atoms with Gasteiger partial charge in [0.2, 0.25) is 0 Å². The Morgan fingerprint density at radius 1 is 1.42 bits per heavy atom. The van der Waals surface area contributed by atoms with E-state index < -0.39 is 0 Å². The van der Waals surface area contributed by atoms with Gasteiger partial charge in [0.15, 0.2) is 0 Å². The van der Waals surface area contributed by atoms with Crippen LogP contribution in [-0.4, -0.2) is 0 Å². The average Bonchev–Trinajstić information content (AvgIpc) is 1.84. The van der Waals surface area contributed by atoms with Gasteiger partial charge in [0.25, 0.3) is 0 Å². The van der Waals surface area contributed by atoms with Crippen LogP contribution in [0.5, 0.6) is 0 Å². The van der Waals surface area contributed by atoms with Gasteiger partial charge in [-0.2, -0.15) is 5.26 Å². The fourth-order valence-corrected chi connectivity index (χ4v) is 1.26. The number of hydrogen-bond donors (Lipinski definition) is 0. The van der Waals surface area contributed by atoms with Gasteiger partial charge in [0.05, 0.1) is 6.07 Å². The van der Waals surface area contributed by atoms with Gasteiger partial charge >= 0.3 is 0 Å². The Bertz CT molecular complexity index is 188. The maximum atomic E-state index is 8.34. The van der Waals surface area contributed by atoms with Crippen LogP contribution in [0.1, 0.15) is 47.0 Å². The van der Waals surface area contributed by atoms with Gasteiger partial charge in [0, 0.05) is 6.42 Å². The quantitative estimate of drug-likeness (QED) is 0.462.